The van der Waals surface area contributed by atoms with Gasteiger partial charge >= 0.3 is 17.9 Å². The predicted molar refractivity (Wildman–Crippen MR) is 258 cm³/mol. The molecule has 0 amide bonds. The summed E-state index contributed by atoms with van der Waals surface area (Å²) < 4.78 is 17.5. The minimum Gasteiger partial charge on any atom is -0.507 e. The number of phenols is 3. The Kier molecular flexibility index (Phi) is 17.1. The Bertz CT molecular complexity index is 1950. The molecule has 0 aromatic heterocycles. The molecule has 0 unspecified atom stereocenters. The fourth-order valence-electron chi connectivity index (χ4n) is 7.68. The predicted octanol–water partition coefficient (Wildman–Crippen LogP) is 12.2. The minimum absolute atomic E-state index is 0.0783. The van der Waals surface area contributed by atoms with E-state index in [2.05, 4.69) is 0 Å². The molecule has 0 saturated carbocycles. The molecular formula is C55H82O9. The molecule has 9 heteroatoms. The molecule has 0 heterocycles. The van der Waals surface area contributed by atoms with Crippen molar-refractivity contribution in [2.24, 2.45) is 5.41 Å². The fourth-order valence-corrected chi connectivity index (χ4v) is 7.68. The van der Waals surface area contributed by atoms with Gasteiger partial charge in [-0.15, -0.1) is 0 Å². The molecule has 356 valence electrons. The second kappa shape index (κ2) is 20.3. The van der Waals surface area contributed by atoms with Gasteiger partial charge in [0.2, 0.25) is 0 Å². The van der Waals surface area contributed by atoms with Crippen molar-refractivity contribution in [3.63, 3.8) is 0 Å². The maximum absolute atomic E-state index is 13.4. The Morgan fingerprint density at radius 1 is 0.422 bits per heavy atom. The van der Waals surface area contributed by atoms with Crippen molar-refractivity contribution in [3.8, 4) is 17.2 Å². The van der Waals surface area contributed by atoms with Crippen LogP contribution in [-0.4, -0.2) is 53.0 Å². The molecule has 3 aromatic rings. The number of carbonyl (C=O) groups is 3. The van der Waals surface area contributed by atoms with Gasteiger partial charge in [-0.2, -0.15) is 0 Å². The van der Waals surface area contributed by atoms with Crippen LogP contribution in [0, 0.1) is 5.41 Å². The van der Waals surface area contributed by atoms with E-state index in [9.17, 15) is 29.7 Å². The van der Waals surface area contributed by atoms with E-state index in [1.807, 2.05) is 154 Å². The van der Waals surface area contributed by atoms with Crippen LogP contribution in [0.2, 0.25) is 0 Å². The van der Waals surface area contributed by atoms with Gasteiger partial charge in [-0.05, 0) is 109 Å². The summed E-state index contributed by atoms with van der Waals surface area (Å²) in [7, 11) is 0. The first-order chi connectivity index (χ1) is 29.0. The summed E-state index contributed by atoms with van der Waals surface area (Å²) in [6, 6.07) is 11.7. The van der Waals surface area contributed by atoms with Crippen molar-refractivity contribution in [1.82, 2.24) is 0 Å². The number of ether oxygens (including phenoxy) is 3. The van der Waals surface area contributed by atoms with Crippen molar-refractivity contribution < 1.29 is 43.9 Å². The molecule has 0 saturated heterocycles. The average Bonchev–Trinajstić information content (AvgIpc) is 3.14. The largest absolute Gasteiger partial charge is 0.507 e. The van der Waals surface area contributed by atoms with Crippen LogP contribution in [0.3, 0.4) is 0 Å². The van der Waals surface area contributed by atoms with Gasteiger partial charge in [-0.3, -0.25) is 14.4 Å². The van der Waals surface area contributed by atoms with Crippen LogP contribution in [0.5, 0.6) is 17.2 Å². The Hall–Kier alpha value is -4.53. The van der Waals surface area contributed by atoms with E-state index in [4.69, 9.17) is 14.2 Å². The second-order valence-corrected chi connectivity index (χ2v) is 23.9. The zero-order chi connectivity index (χ0) is 49.0. The highest BCUT2D eigenvalue weighted by Gasteiger charge is 2.33. The first kappa shape index (κ1) is 53.8. The summed E-state index contributed by atoms with van der Waals surface area (Å²) in [5, 5.41) is 33.4. The van der Waals surface area contributed by atoms with E-state index >= 15 is 0 Å². The number of hydrogen-bond acceptors (Lipinski definition) is 9. The van der Waals surface area contributed by atoms with Crippen molar-refractivity contribution >= 4 is 17.9 Å². The van der Waals surface area contributed by atoms with Crippen LogP contribution in [0.25, 0.3) is 0 Å². The Labute approximate surface area is 385 Å². The normalized spacial score (nSPS) is 13.0. The zero-order valence-electron chi connectivity index (χ0n) is 42.7. The summed E-state index contributed by atoms with van der Waals surface area (Å²) in [5.74, 6) is -0.433. The van der Waals surface area contributed by atoms with Gasteiger partial charge in [0.25, 0.3) is 0 Å². The van der Waals surface area contributed by atoms with E-state index in [0.717, 1.165) is 50.1 Å². The number of carbonyl (C=O) groups excluding carboxylic acids is 3. The monoisotopic (exact) mass is 887 g/mol. The molecule has 3 aromatic carbocycles. The lowest BCUT2D eigenvalue weighted by Gasteiger charge is -2.29. The summed E-state index contributed by atoms with van der Waals surface area (Å²) in [4.78, 5) is 40.1. The summed E-state index contributed by atoms with van der Waals surface area (Å²) >= 11 is 0. The van der Waals surface area contributed by atoms with Crippen molar-refractivity contribution in [3.05, 3.63) is 86.5 Å². The lowest BCUT2D eigenvalue weighted by atomic mass is 9.78. The van der Waals surface area contributed by atoms with E-state index in [1.54, 1.807) is 6.92 Å². The Morgan fingerprint density at radius 3 is 0.891 bits per heavy atom. The van der Waals surface area contributed by atoms with E-state index < -0.39 is 23.3 Å². The molecule has 64 heavy (non-hydrogen) atoms. The number of aromatic hydroxyl groups is 3. The highest BCUT2D eigenvalue weighted by molar-refractivity contribution is 5.71. The number of esters is 3. The SMILES string of the molecule is CC(C)c1cc(CCC(=O)OCC(C)(COC(=O)CCc2cc(C(C)(C)C)c(O)c(C(C)(C)C)c2)COC(=O)CCc2cc(C(C)(C)C)c(O)c(C(C)(C)C)c2)cc(C(C)(C)C)c1O. The summed E-state index contributed by atoms with van der Waals surface area (Å²) in [5.41, 5.74) is 5.03. The molecule has 3 N–H and O–H groups in total. The van der Waals surface area contributed by atoms with Crippen molar-refractivity contribution in [2.75, 3.05) is 19.8 Å². The topological polar surface area (TPSA) is 140 Å². The third-order valence-electron chi connectivity index (χ3n) is 11.8. The van der Waals surface area contributed by atoms with Gasteiger partial charge in [0.1, 0.15) is 37.1 Å². The highest BCUT2D eigenvalue weighted by Crippen LogP contribution is 2.42. The third kappa shape index (κ3) is 15.0. The molecule has 0 radical (unpaired) electrons. The molecule has 0 fully saturated rings. The second-order valence-electron chi connectivity index (χ2n) is 23.9. The first-order valence-corrected chi connectivity index (χ1v) is 23.1. The van der Waals surface area contributed by atoms with E-state index in [1.165, 1.54) is 0 Å². The summed E-state index contributed by atoms with van der Waals surface area (Å²) in [6.07, 6.45) is 1.43. The van der Waals surface area contributed by atoms with Crippen molar-refractivity contribution in [1.29, 1.82) is 0 Å². The minimum atomic E-state index is -1.06. The number of benzene rings is 3. The van der Waals surface area contributed by atoms with Gasteiger partial charge < -0.3 is 29.5 Å². The van der Waals surface area contributed by atoms with Crippen LogP contribution >= 0.6 is 0 Å². The number of aryl methyl sites for hydroxylation is 3. The standard InChI is InChI=1S/C55H82O9/c1-34(2)38-25-35(26-39(47(38)59)50(3,4)5)19-22-44(56)62-31-55(18,32-63-45(57)23-20-36-27-40(51(6,7)8)48(60)41(28-36)52(9,10)11)33-64-46(58)24-21-37-29-42(53(12,13)14)49(61)43(30-37)54(15,16)17/h25-30,34,59-61H,19-24,31-33H2,1-18H3. The average molecular weight is 887 g/mol. The molecule has 3 rings (SSSR count). The fraction of sp³-hybridized carbons (Fsp3) is 0.618. The molecule has 0 aliphatic rings. The number of hydrogen-bond donors (Lipinski definition) is 3. The van der Waals surface area contributed by atoms with Crippen LogP contribution in [0.15, 0.2) is 36.4 Å². The van der Waals surface area contributed by atoms with Crippen molar-refractivity contribution in [2.45, 2.75) is 196 Å². The first-order valence-electron chi connectivity index (χ1n) is 23.1. The number of rotatable bonds is 16. The molecule has 0 atom stereocenters. The van der Waals surface area contributed by atoms with E-state index in [0.29, 0.717) is 19.3 Å². The molecular weight excluding hydrogens is 805 g/mol. The van der Waals surface area contributed by atoms with Crippen LogP contribution < -0.4 is 0 Å². The Morgan fingerprint density at radius 2 is 0.656 bits per heavy atom. The van der Waals surface area contributed by atoms with Crippen LogP contribution in [0.4, 0.5) is 0 Å². The lowest BCUT2D eigenvalue weighted by Crippen LogP contribution is -2.37. The summed E-state index contributed by atoms with van der Waals surface area (Å²) in [6.45, 7) is 36.0. The van der Waals surface area contributed by atoms with Gasteiger partial charge in [0.05, 0.1) is 5.41 Å². The highest BCUT2D eigenvalue weighted by atomic mass is 16.6. The molecule has 0 bridgehead atoms. The molecule has 0 aliphatic carbocycles. The van der Waals surface area contributed by atoms with Gasteiger partial charge in [0.15, 0.2) is 0 Å². The van der Waals surface area contributed by atoms with Crippen LogP contribution in [0.1, 0.15) is 200 Å². The molecule has 0 spiro atoms. The van der Waals surface area contributed by atoms with E-state index in [-0.39, 0.29) is 89.3 Å². The molecule has 9 nitrogen and oxygen atoms in total. The third-order valence-corrected chi connectivity index (χ3v) is 11.8. The molecule has 0 aliphatic heterocycles. The Balaban J connectivity index is 1.80. The van der Waals surface area contributed by atoms with Gasteiger partial charge in [0, 0.05) is 19.3 Å². The van der Waals surface area contributed by atoms with Gasteiger partial charge in [-0.25, -0.2) is 0 Å². The maximum Gasteiger partial charge on any atom is 0.306 e. The number of phenolic OH excluding ortho intramolecular Hbond substituents is 3. The lowest BCUT2D eigenvalue weighted by molar-refractivity contribution is -0.160. The quantitative estimate of drug-likeness (QED) is 0.0947. The smallest absolute Gasteiger partial charge is 0.306 e. The van der Waals surface area contributed by atoms with Gasteiger partial charge in [-0.1, -0.05) is 154 Å². The maximum atomic E-state index is 13.4. The van der Waals surface area contributed by atoms with Crippen LogP contribution in [-0.2, 0) is 74.9 Å². The zero-order valence-corrected chi connectivity index (χ0v) is 42.7.